The Morgan fingerprint density at radius 3 is 2.67 bits per heavy atom. The Balaban J connectivity index is 1.63. The Morgan fingerprint density at radius 2 is 1.96 bits per heavy atom. The van der Waals surface area contributed by atoms with Gasteiger partial charge in [-0.3, -0.25) is 4.79 Å². The lowest BCUT2D eigenvalue weighted by Gasteiger charge is -2.13. The number of aromatic nitrogens is 1. The van der Waals surface area contributed by atoms with E-state index in [4.69, 9.17) is 16.3 Å². The molecule has 0 unspecified atom stereocenters. The fraction of sp³-hybridized carbons (Fsp3) is 0.105. The van der Waals surface area contributed by atoms with E-state index in [0.717, 1.165) is 11.6 Å². The van der Waals surface area contributed by atoms with Gasteiger partial charge in [0, 0.05) is 10.9 Å². The molecule has 2 aromatic carbocycles. The third kappa shape index (κ3) is 4.69. The van der Waals surface area contributed by atoms with Crippen LogP contribution in [0.15, 0.2) is 53.9 Å². The van der Waals surface area contributed by atoms with E-state index in [1.807, 2.05) is 30.3 Å². The summed E-state index contributed by atoms with van der Waals surface area (Å²) in [7, 11) is 0. The molecular weight excluding hydrogens is 391 g/mol. The predicted molar refractivity (Wildman–Crippen MR) is 102 cm³/mol. The number of hydrogen-bond acceptors (Lipinski definition) is 5. The van der Waals surface area contributed by atoms with Crippen LogP contribution in [0.25, 0.3) is 10.6 Å². The molecule has 0 radical (unpaired) electrons. The Hall–Kier alpha value is -2.77. The lowest BCUT2D eigenvalue weighted by molar-refractivity contribution is -0.123. The van der Waals surface area contributed by atoms with Gasteiger partial charge in [-0.1, -0.05) is 41.9 Å². The first-order valence-corrected chi connectivity index (χ1v) is 9.17. The van der Waals surface area contributed by atoms with Crippen LogP contribution in [0, 0.1) is 5.82 Å². The maximum atomic E-state index is 13.1. The van der Waals surface area contributed by atoms with Crippen LogP contribution in [0.1, 0.15) is 17.4 Å². The topological polar surface area (TPSA) is 68.3 Å². The van der Waals surface area contributed by atoms with E-state index in [9.17, 15) is 14.0 Å². The smallest absolute Gasteiger partial charge is 0.358 e. The van der Waals surface area contributed by atoms with Gasteiger partial charge < -0.3 is 10.1 Å². The number of nitrogens with zero attached hydrogens (tertiary/aromatic N) is 1. The zero-order valence-corrected chi connectivity index (χ0v) is 15.7. The minimum atomic E-state index is -1.08. The zero-order chi connectivity index (χ0) is 19.4. The molecule has 27 heavy (non-hydrogen) atoms. The number of carbonyl (C=O) groups is 2. The van der Waals surface area contributed by atoms with E-state index in [1.54, 1.807) is 5.38 Å². The van der Waals surface area contributed by atoms with Crippen molar-refractivity contribution in [2.45, 2.75) is 13.0 Å². The van der Waals surface area contributed by atoms with Gasteiger partial charge in [-0.05, 0) is 25.1 Å². The molecule has 0 aliphatic heterocycles. The van der Waals surface area contributed by atoms with Crippen molar-refractivity contribution < 1.29 is 18.7 Å². The second kappa shape index (κ2) is 8.28. The fourth-order valence-electron chi connectivity index (χ4n) is 2.18. The molecule has 1 N–H and O–H groups in total. The average Bonchev–Trinajstić information content (AvgIpc) is 3.15. The second-order valence-corrected chi connectivity index (χ2v) is 6.83. The number of hydrogen-bond donors (Lipinski definition) is 1. The van der Waals surface area contributed by atoms with Crippen LogP contribution < -0.4 is 5.32 Å². The standard InChI is InChI=1S/C19H14ClFN2O3S/c1-11(17(24)22-15-8-7-13(21)9-14(15)20)26-19(25)16-10-27-18(23-16)12-5-3-2-4-6-12/h2-11H,1H3,(H,22,24)/t11-/m0/s1. The molecule has 0 aliphatic carbocycles. The summed E-state index contributed by atoms with van der Waals surface area (Å²) >= 11 is 7.18. The first-order valence-electron chi connectivity index (χ1n) is 7.92. The van der Waals surface area contributed by atoms with Crippen molar-refractivity contribution in [3.8, 4) is 10.6 Å². The molecular formula is C19H14ClFN2O3S. The van der Waals surface area contributed by atoms with E-state index in [0.29, 0.717) is 5.01 Å². The highest BCUT2D eigenvalue weighted by molar-refractivity contribution is 7.13. The molecule has 5 nitrogen and oxygen atoms in total. The van der Waals surface area contributed by atoms with Crippen molar-refractivity contribution >= 4 is 40.5 Å². The molecule has 1 heterocycles. The first kappa shape index (κ1) is 19.0. The summed E-state index contributed by atoms with van der Waals surface area (Å²) < 4.78 is 18.2. The number of nitrogens with one attached hydrogen (secondary N) is 1. The highest BCUT2D eigenvalue weighted by atomic mass is 35.5. The lowest BCUT2D eigenvalue weighted by Crippen LogP contribution is -2.30. The van der Waals surface area contributed by atoms with Gasteiger partial charge in [0.15, 0.2) is 11.8 Å². The molecule has 0 spiro atoms. The van der Waals surface area contributed by atoms with Gasteiger partial charge in [-0.15, -0.1) is 11.3 Å². The van der Waals surface area contributed by atoms with Crippen LogP contribution in [0.3, 0.4) is 0 Å². The van der Waals surface area contributed by atoms with Crippen LogP contribution in [0.2, 0.25) is 5.02 Å². The predicted octanol–water partition coefficient (Wildman–Crippen LogP) is 4.79. The average molecular weight is 405 g/mol. The minimum Gasteiger partial charge on any atom is -0.448 e. The molecule has 138 valence electrons. The highest BCUT2D eigenvalue weighted by Gasteiger charge is 2.21. The lowest BCUT2D eigenvalue weighted by atomic mass is 10.2. The third-order valence-electron chi connectivity index (χ3n) is 3.58. The van der Waals surface area contributed by atoms with Crippen LogP contribution in [0.4, 0.5) is 10.1 Å². The monoisotopic (exact) mass is 404 g/mol. The van der Waals surface area contributed by atoms with E-state index in [-0.39, 0.29) is 16.4 Å². The van der Waals surface area contributed by atoms with Crippen molar-refractivity contribution in [2.75, 3.05) is 5.32 Å². The number of benzene rings is 2. The minimum absolute atomic E-state index is 0.0499. The van der Waals surface area contributed by atoms with Gasteiger partial charge in [0.05, 0.1) is 10.7 Å². The van der Waals surface area contributed by atoms with Crippen LogP contribution >= 0.6 is 22.9 Å². The van der Waals surface area contributed by atoms with Gasteiger partial charge in [-0.25, -0.2) is 14.2 Å². The molecule has 3 rings (SSSR count). The number of esters is 1. The molecule has 3 aromatic rings. The number of carbonyl (C=O) groups excluding carboxylic acids is 2. The molecule has 0 saturated heterocycles. The number of thiazole rings is 1. The normalized spacial score (nSPS) is 11.7. The molecule has 0 bridgehead atoms. The highest BCUT2D eigenvalue weighted by Crippen LogP contribution is 2.24. The molecule has 1 amide bonds. The summed E-state index contributed by atoms with van der Waals surface area (Å²) in [6, 6.07) is 13.0. The third-order valence-corrected chi connectivity index (χ3v) is 4.78. The van der Waals surface area contributed by atoms with Gasteiger partial charge in [0.25, 0.3) is 5.91 Å². The number of ether oxygens (including phenoxy) is 1. The van der Waals surface area contributed by atoms with Crippen LogP contribution in [-0.2, 0) is 9.53 Å². The number of amides is 1. The summed E-state index contributed by atoms with van der Waals surface area (Å²) in [6.45, 7) is 1.43. The van der Waals surface area contributed by atoms with E-state index in [2.05, 4.69) is 10.3 Å². The summed E-state index contributed by atoms with van der Waals surface area (Å²) in [5.74, 6) is -1.81. The number of anilines is 1. The summed E-state index contributed by atoms with van der Waals surface area (Å²) in [5.41, 5.74) is 1.24. The van der Waals surface area contributed by atoms with Crippen molar-refractivity contribution in [3.63, 3.8) is 0 Å². The Labute approximate surface area is 163 Å². The van der Waals surface area contributed by atoms with E-state index >= 15 is 0 Å². The van der Waals surface area contributed by atoms with Crippen molar-refractivity contribution in [1.82, 2.24) is 4.98 Å². The van der Waals surface area contributed by atoms with Gasteiger partial charge in [0.1, 0.15) is 10.8 Å². The van der Waals surface area contributed by atoms with Gasteiger partial charge in [-0.2, -0.15) is 0 Å². The maximum absolute atomic E-state index is 13.1. The molecule has 1 aromatic heterocycles. The molecule has 1 atom stereocenters. The summed E-state index contributed by atoms with van der Waals surface area (Å²) in [6.07, 6.45) is -1.08. The fourth-order valence-corrected chi connectivity index (χ4v) is 3.19. The van der Waals surface area contributed by atoms with Crippen LogP contribution in [-0.4, -0.2) is 23.0 Å². The van der Waals surface area contributed by atoms with Crippen molar-refractivity contribution in [1.29, 1.82) is 0 Å². The molecule has 0 aliphatic rings. The summed E-state index contributed by atoms with van der Waals surface area (Å²) in [5, 5.41) is 4.80. The maximum Gasteiger partial charge on any atom is 0.358 e. The molecule has 8 heteroatoms. The second-order valence-electron chi connectivity index (χ2n) is 5.56. The zero-order valence-electron chi connectivity index (χ0n) is 14.1. The quantitative estimate of drug-likeness (QED) is 0.621. The Bertz CT molecular complexity index is 978. The molecule has 0 saturated carbocycles. The van der Waals surface area contributed by atoms with Gasteiger partial charge >= 0.3 is 5.97 Å². The molecule has 0 fully saturated rings. The van der Waals surface area contributed by atoms with Crippen LogP contribution in [0.5, 0.6) is 0 Å². The first-order chi connectivity index (χ1) is 12.9. The van der Waals surface area contributed by atoms with E-state index in [1.165, 1.54) is 30.4 Å². The van der Waals surface area contributed by atoms with Gasteiger partial charge in [0.2, 0.25) is 0 Å². The number of rotatable bonds is 5. The number of halogens is 2. The largest absolute Gasteiger partial charge is 0.448 e. The van der Waals surface area contributed by atoms with Crippen molar-refractivity contribution in [2.24, 2.45) is 0 Å². The summed E-state index contributed by atoms with van der Waals surface area (Å²) in [4.78, 5) is 28.7. The SMILES string of the molecule is C[C@H](OC(=O)c1csc(-c2ccccc2)n1)C(=O)Nc1ccc(F)cc1Cl. The van der Waals surface area contributed by atoms with Crippen molar-refractivity contribution in [3.05, 3.63) is 70.4 Å². The Morgan fingerprint density at radius 1 is 1.22 bits per heavy atom. The van der Waals surface area contributed by atoms with E-state index < -0.39 is 23.8 Å². The Kier molecular flexibility index (Phi) is 5.83.